The lowest BCUT2D eigenvalue weighted by Gasteiger charge is -2.38. The highest BCUT2D eigenvalue weighted by molar-refractivity contribution is 8.00. The Morgan fingerprint density at radius 3 is 2.82 bits per heavy atom. The standard InChI is InChI=1S/C13H23NO2S/c1-17-13(3-4-13)9-14-11-2-6-16-12(8-11)5-7-15-10-12/h11,14H,2-10H2,1H3. The van der Waals surface area contributed by atoms with Crippen molar-refractivity contribution in [3.63, 3.8) is 0 Å². The van der Waals surface area contributed by atoms with E-state index in [2.05, 4.69) is 11.6 Å². The van der Waals surface area contributed by atoms with E-state index in [1.54, 1.807) is 0 Å². The molecule has 3 nitrogen and oxygen atoms in total. The van der Waals surface area contributed by atoms with Gasteiger partial charge in [-0.1, -0.05) is 0 Å². The minimum Gasteiger partial charge on any atom is -0.378 e. The maximum atomic E-state index is 5.96. The second kappa shape index (κ2) is 4.72. The summed E-state index contributed by atoms with van der Waals surface area (Å²) in [6.07, 6.45) is 8.39. The predicted octanol–water partition coefficient (Wildman–Crippen LogP) is 1.81. The molecule has 2 heterocycles. The highest BCUT2D eigenvalue weighted by Gasteiger charge is 2.44. The van der Waals surface area contributed by atoms with Crippen LogP contribution in [0, 0.1) is 0 Å². The van der Waals surface area contributed by atoms with Gasteiger partial charge in [0, 0.05) is 37.0 Å². The number of nitrogens with one attached hydrogen (secondary N) is 1. The quantitative estimate of drug-likeness (QED) is 0.832. The SMILES string of the molecule is CSC1(CNC2CCOC3(CCOC3)C2)CC1. The first-order chi connectivity index (χ1) is 8.26. The lowest BCUT2D eigenvalue weighted by atomic mass is 9.89. The van der Waals surface area contributed by atoms with Crippen LogP contribution in [0.3, 0.4) is 0 Å². The molecule has 0 bridgehead atoms. The van der Waals surface area contributed by atoms with Crippen LogP contribution in [0.25, 0.3) is 0 Å². The largest absolute Gasteiger partial charge is 0.378 e. The van der Waals surface area contributed by atoms with E-state index in [0.29, 0.717) is 10.8 Å². The van der Waals surface area contributed by atoms with Crippen molar-refractivity contribution in [1.29, 1.82) is 0 Å². The normalized spacial score (nSPS) is 39.7. The Hall–Kier alpha value is 0.230. The van der Waals surface area contributed by atoms with Gasteiger partial charge in [0.05, 0.1) is 12.2 Å². The summed E-state index contributed by atoms with van der Waals surface area (Å²) in [6.45, 7) is 3.75. The van der Waals surface area contributed by atoms with Crippen molar-refractivity contribution in [2.45, 2.75) is 48.5 Å². The fourth-order valence-corrected chi connectivity index (χ4v) is 3.73. The molecule has 17 heavy (non-hydrogen) atoms. The Labute approximate surface area is 108 Å². The van der Waals surface area contributed by atoms with Crippen molar-refractivity contribution >= 4 is 11.8 Å². The van der Waals surface area contributed by atoms with Crippen LogP contribution in [0.15, 0.2) is 0 Å². The lowest BCUT2D eigenvalue weighted by Crippen LogP contribution is -2.48. The highest BCUT2D eigenvalue weighted by atomic mass is 32.2. The molecule has 0 aromatic carbocycles. The second-order valence-corrected chi connectivity index (χ2v) is 7.07. The molecule has 2 atom stereocenters. The topological polar surface area (TPSA) is 30.5 Å². The molecular weight excluding hydrogens is 234 g/mol. The molecule has 1 N–H and O–H groups in total. The van der Waals surface area contributed by atoms with Gasteiger partial charge in [-0.2, -0.15) is 11.8 Å². The van der Waals surface area contributed by atoms with Gasteiger partial charge < -0.3 is 14.8 Å². The number of hydrogen-bond donors (Lipinski definition) is 1. The van der Waals surface area contributed by atoms with Crippen molar-refractivity contribution in [3.8, 4) is 0 Å². The van der Waals surface area contributed by atoms with Crippen LogP contribution in [-0.2, 0) is 9.47 Å². The first kappa shape index (κ1) is 12.3. The predicted molar refractivity (Wildman–Crippen MR) is 70.6 cm³/mol. The minimum absolute atomic E-state index is 0.0476. The zero-order chi connectivity index (χ0) is 11.8. The van der Waals surface area contributed by atoms with Gasteiger partial charge in [-0.15, -0.1) is 0 Å². The zero-order valence-electron chi connectivity index (χ0n) is 10.7. The monoisotopic (exact) mass is 257 g/mol. The van der Waals surface area contributed by atoms with E-state index in [4.69, 9.17) is 9.47 Å². The summed E-state index contributed by atoms with van der Waals surface area (Å²) in [4.78, 5) is 0. The summed E-state index contributed by atoms with van der Waals surface area (Å²) in [7, 11) is 0. The first-order valence-electron chi connectivity index (χ1n) is 6.76. The van der Waals surface area contributed by atoms with Crippen molar-refractivity contribution < 1.29 is 9.47 Å². The lowest BCUT2D eigenvalue weighted by molar-refractivity contribution is -0.0892. The van der Waals surface area contributed by atoms with E-state index in [1.807, 2.05) is 11.8 Å². The number of ether oxygens (including phenoxy) is 2. The Bertz CT molecular complexity index is 275. The molecule has 2 saturated heterocycles. The smallest absolute Gasteiger partial charge is 0.0951 e. The van der Waals surface area contributed by atoms with Crippen LogP contribution >= 0.6 is 11.8 Å². The molecule has 4 heteroatoms. The molecule has 0 aromatic rings. The summed E-state index contributed by atoms with van der Waals surface area (Å²) in [6, 6.07) is 0.634. The average molecular weight is 257 g/mol. The van der Waals surface area contributed by atoms with Crippen LogP contribution < -0.4 is 5.32 Å². The van der Waals surface area contributed by atoms with Gasteiger partial charge in [-0.3, -0.25) is 0 Å². The molecule has 0 amide bonds. The Morgan fingerprint density at radius 1 is 1.29 bits per heavy atom. The van der Waals surface area contributed by atoms with Crippen LogP contribution in [0.1, 0.15) is 32.1 Å². The fourth-order valence-electron chi connectivity index (χ4n) is 2.99. The van der Waals surface area contributed by atoms with Crippen LogP contribution in [0.2, 0.25) is 0 Å². The molecule has 3 aliphatic rings. The molecular formula is C13H23NO2S. The summed E-state index contributed by atoms with van der Waals surface area (Å²) in [5.74, 6) is 0. The molecule has 0 radical (unpaired) electrons. The van der Waals surface area contributed by atoms with Gasteiger partial charge in [-0.25, -0.2) is 0 Å². The summed E-state index contributed by atoms with van der Waals surface area (Å²) in [5.41, 5.74) is 0.0476. The Balaban J connectivity index is 1.50. The summed E-state index contributed by atoms with van der Waals surface area (Å²) < 4.78 is 12.0. The van der Waals surface area contributed by atoms with E-state index in [1.165, 1.54) is 19.4 Å². The second-order valence-electron chi connectivity index (χ2n) is 5.79. The molecule has 1 saturated carbocycles. The van der Waals surface area contributed by atoms with E-state index in [0.717, 1.165) is 39.1 Å². The molecule has 98 valence electrons. The molecule has 2 unspecified atom stereocenters. The fraction of sp³-hybridized carbons (Fsp3) is 1.00. The first-order valence-corrected chi connectivity index (χ1v) is 7.99. The summed E-state index contributed by atoms with van der Waals surface area (Å²) >= 11 is 2.03. The third kappa shape index (κ3) is 2.65. The molecule has 1 spiro atoms. The van der Waals surface area contributed by atoms with Crippen molar-refractivity contribution in [1.82, 2.24) is 5.32 Å². The van der Waals surface area contributed by atoms with Crippen LogP contribution in [0.5, 0.6) is 0 Å². The van der Waals surface area contributed by atoms with Gasteiger partial charge in [0.15, 0.2) is 0 Å². The van der Waals surface area contributed by atoms with Gasteiger partial charge in [-0.05, 0) is 31.9 Å². The summed E-state index contributed by atoms with van der Waals surface area (Å²) in [5, 5.41) is 3.77. The van der Waals surface area contributed by atoms with E-state index in [-0.39, 0.29) is 5.60 Å². The molecule has 1 aliphatic carbocycles. The number of hydrogen-bond acceptors (Lipinski definition) is 4. The highest BCUT2D eigenvalue weighted by Crippen LogP contribution is 2.46. The number of thioether (sulfide) groups is 1. The Kier molecular flexibility index (Phi) is 3.41. The maximum absolute atomic E-state index is 5.96. The van der Waals surface area contributed by atoms with Gasteiger partial charge in [0.25, 0.3) is 0 Å². The van der Waals surface area contributed by atoms with Gasteiger partial charge in [0.1, 0.15) is 0 Å². The molecule has 0 aromatic heterocycles. The minimum atomic E-state index is 0.0476. The van der Waals surface area contributed by atoms with Crippen LogP contribution in [0.4, 0.5) is 0 Å². The van der Waals surface area contributed by atoms with Gasteiger partial charge in [0.2, 0.25) is 0 Å². The van der Waals surface area contributed by atoms with E-state index in [9.17, 15) is 0 Å². The Morgan fingerprint density at radius 2 is 2.18 bits per heavy atom. The third-order valence-corrected chi connectivity index (χ3v) is 5.93. The van der Waals surface area contributed by atoms with Crippen molar-refractivity contribution in [2.75, 3.05) is 32.6 Å². The molecule has 2 aliphatic heterocycles. The van der Waals surface area contributed by atoms with Crippen molar-refractivity contribution in [3.05, 3.63) is 0 Å². The van der Waals surface area contributed by atoms with Gasteiger partial charge >= 0.3 is 0 Å². The van der Waals surface area contributed by atoms with Crippen molar-refractivity contribution in [2.24, 2.45) is 0 Å². The van der Waals surface area contributed by atoms with E-state index >= 15 is 0 Å². The van der Waals surface area contributed by atoms with E-state index < -0.39 is 0 Å². The van der Waals surface area contributed by atoms with Crippen LogP contribution in [-0.4, -0.2) is 49.0 Å². The maximum Gasteiger partial charge on any atom is 0.0951 e. The molecule has 3 fully saturated rings. The zero-order valence-corrected chi connectivity index (χ0v) is 11.5. The third-order valence-electron chi connectivity index (χ3n) is 4.51. The molecule has 3 rings (SSSR count). The number of rotatable bonds is 4. The average Bonchev–Trinajstić information content (AvgIpc) is 3.03.